The van der Waals surface area contributed by atoms with Crippen molar-refractivity contribution in [3.63, 3.8) is 0 Å². The molecular formula is C29H31N3O5. The summed E-state index contributed by atoms with van der Waals surface area (Å²) >= 11 is 0. The van der Waals surface area contributed by atoms with Crippen LogP contribution in [0.25, 0.3) is 5.69 Å². The van der Waals surface area contributed by atoms with Gasteiger partial charge in [-0.3, -0.25) is 4.79 Å². The number of carbonyl (C=O) groups excluding carboxylic acids is 1. The molecule has 8 nitrogen and oxygen atoms in total. The fraction of sp³-hybridized carbons (Fsp3) is 0.241. The first-order chi connectivity index (χ1) is 17.9. The van der Waals surface area contributed by atoms with Gasteiger partial charge in [-0.25, -0.2) is 5.43 Å². The molecule has 0 saturated heterocycles. The molecule has 4 rings (SSSR count). The SMILES string of the molecule is COc1cccc(C=NNC(=O)c2ccc(COc3ccc(-n4c(C)ccc4C)cc3)o2)c1OC(C)C. The topological polar surface area (TPSA) is 87.2 Å². The molecule has 8 heteroatoms. The first-order valence-electron chi connectivity index (χ1n) is 12.0. The summed E-state index contributed by atoms with van der Waals surface area (Å²) in [6.07, 6.45) is 1.46. The molecular weight excluding hydrogens is 470 g/mol. The second kappa shape index (κ2) is 11.5. The van der Waals surface area contributed by atoms with Gasteiger partial charge in [0.25, 0.3) is 0 Å². The van der Waals surface area contributed by atoms with Gasteiger partial charge in [0.15, 0.2) is 17.3 Å². The fourth-order valence-corrected chi connectivity index (χ4v) is 3.87. The number of furan rings is 1. The number of aryl methyl sites for hydroxylation is 2. The van der Waals surface area contributed by atoms with Gasteiger partial charge in [-0.2, -0.15) is 5.10 Å². The number of hydrogen-bond donors (Lipinski definition) is 1. The lowest BCUT2D eigenvalue weighted by atomic mass is 10.2. The molecule has 0 fully saturated rings. The van der Waals surface area contributed by atoms with Gasteiger partial charge in [0.1, 0.15) is 18.1 Å². The molecule has 0 radical (unpaired) electrons. The minimum absolute atomic E-state index is 0.0486. The summed E-state index contributed by atoms with van der Waals surface area (Å²) in [6.45, 7) is 8.19. The molecule has 1 N–H and O–H groups in total. The number of nitrogens with one attached hydrogen (secondary N) is 1. The van der Waals surface area contributed by atoms with Crippen LogP contribution in [0.3, 0.4) is 0 Å². The number of methoxy groups -OCH3 is 1. The lowest BCUT2D eigenvalue weighted by molar-refractivity contribution is 0.0923. The van der Waals surface area contributed by atoms with Crippen LogP contribution in [0.5, 0.6) is 17.2 Å². The minimum Gasteiger partial charge on any atom is -0.493 e. The lowest BCUT2D eigenvalue weighted by Gasteiger charge is -2.15. The van der Waals surface area contributed by atoms with Crippen LogP contribution in [0.4, 0.5) is 0 Å². The first kappa shape index (κ1) is 25.6. The number of ether oxygens (including phenoxy) is 3. The summed E-state index contributed by atoms with van der Waals surface area (Å²) in [4.78, 5) is 12.5. The molecule has 2 heterocycles. The van der Waals surface area contributed by atoms with Crippen molar-refractivity contribution in [2.75, 3.05) is 7.11 Å². The normalized spacial score (nSPS) is 11.2. The van der Waals surface area contributed by atoms with E-state index in [1.165, 1.54) is 17.6 Å². The molecule has 2 aromatic heterocycles. The van der Waals surface area contributed by atoms with E-state index in [2.05, 4.69) is 41.1 Å². The average Bonchev–Trinajstić information content (AvgIpc) is 3.50. The second-order valence-corrected chi connectivity index (χ2v) is 8.74. The molecule has 0 unspecified atom stereocenters. The van der Waals surface area contributed by atoms with E-state index in [0.717, 1.165) is 5.69 Å². The molecule has 0 saturated carbocycles. The van der Waals surface area contributed by atoms with Gasteiger partial charge in [0, 0.05) is 22.6 Å². The molecule has 0 spiro atoms. The van der Waals surface area contributed by atoms with Crippen molar-refractivity contribution in [2.24, 2.45) is 5.10 Å². The predicted octanol–water partition coefficient (Wildman–Crippen LogP) is 5.83. The van der Waals surface area contributed by atoms with Crippen LogP contribution in [-0.2, 0) is 6.61 Å². The van der Waals surface area contributed by atoms with Crippen molar-refractivity contribution in [2.45, 2.75) is 40.4 Å². The zero-order chi connectivity index (χ0) is 26.4. The Morgan fingerprint density at radius 3 is 2.43 bits per heavy atom. The minimum atomic E-state index is -0.474. The molecule has 192 valence electrons. The third-order valence-electron chi connectivity index (χ3n) is 5.59. The summed E-state index contributed by atoms with van der Waals surface area (Å²) in [7, 11) is 1.57. The molecule has 0 aliphatic rings. The lowest BCUT2D eigenvalue weighted by Crippen LogP contribution is -2.17. The van der Waals surface area contributed by atoms with Gasteiger partial charge in [0.2, 0.25) is 0 Å². The van der Waals surface area contributed by atoms with Gasteiger partial charge < -0.3 is 23.2 Å². The third-order valence-corrected chi connectivity index (χ3v) is 5.59. The highest BCUT2D eigenvalue weighted by Crippen LogP contribution is 2.31. The van der Waals surface area contributed by atoms with Crippen molar-refractivity contribution in [1.82, 2.24) is 9.99 Å². The smallest absolute Gasteiger partial charge is 0.307 e. The highest BCUT2D eigenvalue weighted by atomic mass is 16.5. The highest BCUT2D eigenvalue weighted by Gasteiger charge is 2.13. The monoisotopic (exact) mass is 501 g/mol. The van der Waals surface area contributed by atoms with Crippen molar-refractivity contribution >= 4 is 12.1 Å². The Labute approximate surface area is 216 Å². The molecule has 37 heavy (non-hydrogen) atoms. The van der Waals surface area contributed by atoms with Gasteiger partial charge in [0.05, 0.1) is 19.4 Å². The van der Waals surface area contributed by atoms with E-state index < -0.39 is 5.91 Å². The average molecular weight is 502 g/mol. The maximum absolute atomic E-state index is 12.5. The van der Waals surface area contributed by atoms with E-state index in [1.54, 1.807) is 25.3 Å². The summed E-state index contributed by atoms with van der Waals surface area (Å²) < 4.78 is 24.9. The standard InChI is InChI=1S/C29H31N3O5/c1-19(2)36-28-22(7-6-8-26(28)34-5)17-30-31-29(33)27-16-15-25(37-27)18-35-24-13-11-23(12-14-24)32-20(3)9-10-21(32)4/h6-17,19H,18H2,1-5H3,(H,31,33). The molecule has 0 atom stereocenters. The summed E-state index contributed by atoms with van der Waals surface area (Å²) in [5.41, 5.74) is 6.57. The third kappa shape index (κ3) is 6.22. The van der Waals surface area contributed by atoms with Crippen LogP contribution < -0.4 is 19.6 Å². The number of amides is 1. The van der Waals surface area contributed by atoms with Gasteiger partial charge in [-0.05, 0) is 88.4 Å². The fourth-order valence-electron chi connectivity index (χ4n) is 3.87. The van der Waals surface area contributed by atoms with E-state index in [1.807, 2.05) is 50.2 Å². The molecule has 1 amide bonds. The first-order valence-corrected chi connectivity index (χ1v) is 12.0. The van der Waals surface area contributed by atoms with Crippen molar-refractivity contribution in [3.05, 3.63) is 95.2 Å². The number of benzene rings is 2. The highest BCUT2D eigenvalue weighted by molar-refractivity contribution is 5.93. The quantitative estimate of drug-likeness (QED) is 0.218. The van der Waals surface area contributed by atoms with Gasteiger partial charge in [-0.15, -0.1) is 0 Å². The Morgan fingerprint density at radius 1 is 1.03 bits per heavy atom. The summed E-state index contributed by atoms with van der Waals surface area (Å²) in [5, 5.41) is 4.05. The van der Waals surface area contributed by atoms with E-state index >= 15 is 0 Å². The van der Waals surface area contributed by atoms with Gasteiger partial charge >= 0.3 is 5.91 Å². The number of para-hydroxylation sites is 1. The number of nitrogens with zero attached hydrogens (tertiary/aromatic N) is 2. The number of hydrazone groups is 1. The van der Waals surface area contributed by atoms with Crippen molar-refractivity contribution in [1.29, 1.82) is 0 Å². The van der Waals surface area contributed by atoms with Crippen molar-refractivity contribution in [3.8, 4) is 22.9 Å². The van der Waals surface area contributed by atoms with Crippen LogP contribution in [0.1, 0.15) is 47.1 Å². The Hall–Kier alpha value is -4.46. The van der Waals surface area contributed by atoms with Crippen molar-refractivity contribution < 1.29 is 23.4 Å². The predicted molar refractivity (Wildman–Crippen MR) is 142 cm³/mol. The largest absolute Gasteiger partial charge is 0.493 e. The van der Waals surface area contributed by atoms with E-state index in [0.29, 0.717) is 28.6 Å². The molecule has 0 bridgehead atoms. The van der Waals surface area contributed by atoms with Crippen LogP contribution in [0.15, 0.2) is 76.2 Å². The Kier molecular flexibility index (Phi) is 7.98. The molecule has 4 aromatic rings. The molecule has 0 aliphatic heterocycles. The summed E-state index contributed by atoms with van der Waals surface area (Å²) in [5.74, 6) is 2.03. The zero-order valence-electron chi connectivity index (χ0n) is 21.6. The maximum atomic E-state index is 12.5. The number of aromatic nitrogens is 1. The molecule has 2 aromatic carbocycles. The summed E-state index contributed by atoms with van der Waals surface area (Å²) in [6, 6.07) is 20.8. The number of rotatable bonds is 10. The van der Waals surface area contributed by atoms with Crippen LogP contribution in [-0.4, -0.2) is 29.9 Å². The Morgan fingerprint density at radius 2 is 1.76 bits per heavy atom. The number of hydrogen-bond acceptors (Lipinski definition) is 6. The van der Waals surface area contributed by atoms with Crippen LogP contribution in [0, 0.1) is 13.8 Å². The zero-order valence-corrected chi connectivity index (χ0v) is 21.6. The maximum Gasteiger partial charge on any atom is 0.307 e. The van der Waals surface area contributed by atoms with E-state index in [4.69, 9.17) is 18.6 Å². The Balaban J connectivity index is 1.34. The van der Waals surface area contributed by atoms with Crippen LogP contribution in [0.2, 0.25) is 0 Å². The number of carbonyl (C=O) groups is 1. The second-order valence-electron chi connectivity index (χ2n) is 8.74. The van der Waals surface area contributed by atoms with Gasteiger partial charge in [-0.1, -0.05) is 6.07 Å². The van der Waals surface area contributed by atoms with E-state index in [-0.39, 0.29) is 18.5 Å². The Bertz CT molecular complexity index is 1360. The van der Waals surface area contributed by atoms with E-state index in [9.17, 15) is 4.79 Å². The molecule has 0 aliphatic carbocycles. The van der Waals surface area contributed by atoms with Crippen LogP contribution >= 0.6 is 0 Å².